The van der Waals surface area contributed by atoms with Crippen LogP contribution < -0.4 is 4.74 Å². The number of aryl methyl sites for hydroxylation is 1. The van der Waals surface area contributed by atoms with Crippen molar-refractivity contribution in [3.63, 3.8) is 0 Å². The molecule has 1 N–H and O–H groups in total. The zero-order valence-corrected chi connectivity index (χ0v) is 14.9. The number of hydrogen-bond acceptors (Lipinski definition) is 3. The minimum absolute atomic E-state index is 0.00632. The highest BCUT2D eigenvalue weighted by Gasteiger charge is 2.33. The summed E-state index contributed by atoms with van der Waals surface area (Å²) in [4.78, 5) is 25.3. The third kappa shape index (κ3) is 4.28. The van der Waals surface area contributed by atoms with Crippen molar-refractivity contribution in [2.24, 2.45) is 11.8 Å². The van der Waals surface area contributed by atoms with Gasteiger partial charge in [0.1, 0.15) is 5.75 Å². The molecule has 1 aliphatic rings. The molecule has 0 radical (unpaired) electrons. The van der Waals surface area contributed by atoms with E-state index in [2.05, 4.69) is 13.8 Å². The van der Waals surface area contributed by atoms with Crippen molar-refractivity contribution < 1.29 is 19.4 Å². The second kappa shape index (κ2) is 7.69. The summed E-state index contributed by atoms with van der Waals surface area (Å²) in [7, 11) is 0. The zero-order valence-electron chi connectivity index (χ0n) is 14.9. The summed E-state index contributed by atoms with van der Waals surface area (Å²) in [5.74, 6) is -0.173. The molecule has 0 saturated carbocycles. The van der Waals surface area contributed by atoms with Crippen molar-refractivity contribution in [2.45, 2.75) is 40.0 Å². The van der Waals surface area contributed by atoms with Crippen molar-refractivity contribution in [3.8, 4) is 5.75 Å². The van der Waals surface area contributed by atoms with Gasteiger partial charge in [0.2, 0.25) is 0 Å². The van der Waals surface area contributed by atoms with Gasteiger partial charge in [0.25, 0.3) is 5.91 Å². The number of likely N-dealkylation sites (tertiary alicyclic amines) is 1. The van der Waals surface area contributed by atoms with Crippen LogP contribution >= 0.6 is 0 Å². The first-order chi connectivity index (χ1) is 11.3. The smallest absolute Gasteiger partial charge is 0.306 e. The number of hydrogen-bond donors (Lipinski definition) is 1. The minimum Gasteiger partial charge on any atom is -0.483 e. The van der Waals surface area contributed by atoms with Gasteiger partial charge in [-0.2, -0.15) is 0 Å². The number of nitrogens with zero attached hydrogens (tertiary/aromatic N) is 1. The van der Waals surface area contributed by atoms with Crippen LogP contribution in [-0.2, 0) is 9.59 Å². The number of piperidine rings is 1. The van der Waals surface area contributed by atoms with Gasteiger partial charge in [-0.25, -0.2) is 0 Å². The number of carboxylic acid groups (broad SMARTS) is 1. The average Bonchev–Trinajstić information content (AvgIpc) is 2.51. The Bertz CT molecular complexity index is 611. The maximum absolute atomic E-state index is 12.4. The van der Waals surface area contributed by atoms with E-state index >= 15 is 0 Å². The Balaban J connectivity index is 1.97. The van der Waals surface area contributed by atoms with Gasteiger partial charge in [-0.3, -0.25) is 9.59 Å². The van der Waals surface area contributed by atoms with Crippen LogP contribution in [0.2, 0.25) is 0 Å². The largest absolute Gasteiger partial charge is 0.483 e. The quantitative estimate of drug-likeness (QED) is 0.899. The molecule has 1 heterocycles. The van der Waals surface area contributed by atoms with Crippen LogP contribution in [0.25, 0.3) is 0 Å². The summed E-state index contributed by atoms with van der Waals surface area (Å²) in [6.45, 7) is 9.02. The van der Waals surface area contributed by atoms with Crippen molar-refractivity contribution in [1.29, 1.82) is 0 Å². The van der Waals surface area contributed by atoms with Crippen LogP contribution in [0.5, 0.6) is 5.75 Å². The lowest BCUT2D eigenvalue weighted by Crippen LogP contribution is -2.46. The molecule has 1 fully saturated rings. The normalized spacial score (nSPS) is 21.0. The highest BCUT2D eigenvalue weighted by Crippen LogP contribution is 2.28. The molecule has 132 valence electrons. The monoisotopic (exact) mass is 333 g/mol. The molecule has 1 amide bonds. The molecular formula is C19H27NO4. The zero-order chi connectivity index (χ0) is 17.9. The SMILES string of the molecule is Cc1ccc(C(C)C)c(OCC(=O)N2CCC(C(=O)O)C(C)C2)c1. The first-order valence-corrected chi connectivity index (χ1v) is 8.53. The van der Waals surface area contributed by atoms with E-state index in [1.54, 1.807) is 4.90 Å². The van der Waals surface area contributed by atoms with Crippen LogP contribution in [0.3, 0.4) is 0 Å². The summed E-state index contributed by atoms with van der Waals surface area (Å²) in [6.07, 6.45) is 0.504. The van der Waals surface area contributed by atoms with E-state index in [0.29, 0.717) is 25.4 Å². The van der Waals surface area contributed by atoms with E-state index in [-0.39, 0.29) is 24.3 Å². The Hall–Kier alpha value is -2.04. The number of carboxylic acids is 1. The molecule has 1 aromatic carbocycles. The van der Waals surface area contributed by atoms with Gasteiger partial charge in [0.05, 0.1) is 5.92 Å². The van der Waals surface area contributed by atoms with Crippen molar-refractivity contribution in [2.75, 3.05) is 19.7 Å². The predicted octanol–water partition coefficient (Wildman–Crippen LogP) is 3.07. The Morgan fingerprint density at radius 3 is 2.67 bits per heavy atom. The van der Waals surface area contributed by atoms with Crippen LogP contribution in [-0.4, -0.2) is 41.6 Å². The number of rotatable bonds is 5. The molecule has 0 bridgehead atoms. The topological polar surface area (TPSA) is 66.8 Å². The molecule has 0 aromatic heterocycles. The van der Waals surface area contributed by atoms with E-state index in [1.165, 1.54) is 0 Å². The van der Waals surface area contributed by atoms with Crippen LogP contribution in [0.15, 0.2) is 18.2 Å². The molecule has 5 heteroatoms. The van der Waals surface area contributed by atoms with Crippen LogP contribution in [0, 0.1) is 18.8 Å². The van der Waals surface area contributed by atoms with Gasteiger partial charge in [-0.1, -0.05) is 32.9 Å². The second-order valence-electron chi connectivity index (χ2n) is 7.04. The fraction of sp³-hybridized carbons (Fsp3) is 0.579. The molecule has 5 nitrogen and oxygen atoms in total. The molecule has 1 aromatic rings. The van der Waals surface area contributed by atoms with Crippen molar-refractivity contribution >= 4 is 11.9 Å². The molecule has 2 rings (SSSR count). The van der Waals surface area contributed by atoms with Gasteiger partial charge < -0.3 is 14.7 Å². The van der Waals surface area contributed by atoms with Gasteiger partial charge >= 0.3 is 5.97 Å². The summed E-state index contributed by atoms with van der Waals surface area (Å²) >= 11 is 0. The summed E-state index contributed by atoms with van der Waals surface area (Å²) in [6, 6.07) is 6.05. The Kier molecular flexibility index (Phi) is 5.86. The fourth-order valence-corrected chi connectivity index (χ4v) is 3.21. The number of amides is 1. The summed E-state index contributed by atoms with van der Waals surface area (Å²) < 4.78 is 5.80. The van der Waals surface area contributed by atoms with E-state index in [9.17, 15) is 9.59 Å². The molecule has 0 aliphatic carbocycles. The highest BCUT2D eigenvalue weighted by atomic mass is 16.5. The molecule has 0 spiro atoms. The number of carbonyl (C=O) groups excluding carboxylic acids is 1. The number of ether oxygens (including phenoxy) is 1. The predicted molar refractivity (Wildman–Crippen MR) is 92.2 cm³/mol. The van der Waals surface area contributed by atoms with E-state index in [0.717, 1.165) is 16.9 Å². The standard InChI is InChI=1S/C19H27NO4/c1-12(2)15-6-5-13(3)9-17(15)24-11-18(21)20-8-7-16(19(22)23)14(4)10-20/h5-6,9,12,14,16H,7-8,10-11H2,1-4H3,(H,22,23). The van der Waals surface area contributed by atoms with E-state index in [4.69, 9.17) is 9.84 Å². The number of aliphatic carboxylic acids is 1. The molecule has 24 heavy (non-hydrogen) atoms. The van der Waals surface area contributed by atoms with Gasteiger partial charge in [-0.15, -0.1) is 0 Å². The van der Waals surface area contributed by atoms with Gasteiger partial charge in [0, 0.05) is 13.1 Å². The Morgan fingerprint density at radius 2 is 2.08 bits per heavy atom. The first kappa shape index (κ1) is 18.3. The maximum atomic E-state index is 12.4. The minimum atomic E-state index is -0.771. The van der Waals surface area contributed by atoms with Crippen molar-refractivity contribution in [1.82, 2.24) is 4.90 Å². The molecule has 1 aliphatic heterocycles. The Labute approximate surface area is 143 Å². The summed E-state index contributed by atoms with van der Waals surface area (Å²) in [5.41, 5.74) is 2.18. The highest BCUT2D eigenvalue weighted by molar-refractivity contribution is 5.78. The fourth-order valence-electron chi connectivity index (χ4n) is 3.21. The third-order valence-electron chi connectivity index (χ3n) is 4.72. The third-order valence-corrected chi connectivity index (χ3v) is 4.72. The van der Waals surface area contributed by atoms with Crippen LogP contribution in [0.4, 0.5) is 0 Å². The second-order valence-corrected chi connectivity index (χ2v) is 7.04. The first-order valence-electron chi connectivity index (χ1n) is 8.53. The lowest BCUT2D eigenvalue weighted by Gasteiger charge is -2.34. The number of benzene rings is 1. The van der Waals surface area contributed by atoms with Gasteiger partial charge in [0.15, 0.2) is 6.61 Å². The molecule has 2 atom stereocenters. The maximum Gasteiger partial charge on any atom is 0.306 e. The number of carbonyl (C=O) groups is 2. The lowest BCUT2D eigenvalue weighted by atomic mass is 9.87. The molecule has 2 unspecified atom stereocenters. The van der Waals surface area contributed by atoms with Crippen LogP contribution in [0.1, 0.15) is 44.2 Å². The molecule has 1 saturated heterocycles. The molecular weight excluding hydrogens is 306 g/mol. The van der Waals surface area contributed by atoms with Gasteiger partial charge in [-0.05, 0) is 42.4 Å². The van der Waals surface area contributed by atoms with E-state index in [1.807, 2.05) is 32.0 Å². The average molecular weight is 333 g/mol. The summed E-state index contributed by atoms with van der Waals surface area (Å²) in [5, 5.41) is 9.17. The van der Waals surface area contributed by atoms with Crippen molar-refractivity contribution in [3.05, 3.63) is 29.3 Å². The Morgan fingerprint density at radius 1 is 1.38 bits per heavy atom. The van der Waals surface area contributed by atoms with E-state index < -0.39 is 5.97 Å². The lowest BCUT2D eigenvalue weighted by molar-refractivity contribution is -0.148.